The van der Waals surface area contributed by atoms with Crippen molar-refractivity contribution in [1.29, 1.82) is 0 Å². The van der Waals surface area contributed by atoms with Crippen molar-refractivity contribution >= 4 is 22.9 Å². The van der Waals surface area contributed by atoms with Crippen LogP contribution in [0.2, 0.25) is 5.02 Å². The van der Waals surface area contributed by atoms with Gasteiger partial charge in [-0.05, 0) is 47.0 Å². The van der Waals surface area contributed by atoms with Crippen LogP contribution in [0, 0.1) is 5.82 Å². The van der Waals surface area contributed by atoms with Crippen molar-refractivity contribution in [2.45, 2.75) is 19.5 Å². The Kier molecular flexibility index (Phi) is 4.15. The first-order chi connectivity index (χ1) is 8.16. The van der Waals surface area contributed by atoms with Gasteiger partial charge in [-0.15, -0.1) is 0 Å². The molecule has 0 aliphatic carbocycles. The standard InChI is InChI=1S/C13H13ClFNS/c1-9(11-4-5-17-8-11)16-7-10-2-3-12(14)13(15)6-10/h2-6,8-9,16H,7H2,1H3. The van der Waals surface area contributed by atoms with E-state index in [2.05, 4.69) is 29.1 Å². The molecule has 4 heteroatoms. The predicted molar refractivity (Wildman–Crippen MR) is 71.0 cm³/mol. The van der Waals surface area contributed by atoms with E-state index >= 15 is 0 Å². The molecule has 1 atom stereocenters. The average Bonchev–Trinajstić information content (AvgIpc) is 2.84. The highest BCUT2D eigenvalue weighted by Gasteiger charge is 2.06. The van der Waals surface area contributed by atoms with Gasteiger partial charge in [-0.2, -0.15) is 11.3 Å². The van der Waals surface area contributed by atoms with E-state index in [1.807, 2.05) is 6.07 Å². The van der Waals surface area contributed by atoms with Gasteiger partial charge in [-0.3, -0.25) is 0 Å². The van der Waals surface area contributed by atoms with Crippen molar-refractivity contribution < 1.29 is 4.39 Å². The summed E-state index contributed by atoms with van der Waals surface area (Å²) >= 11 is 7.31. The van der Waals surface area contributed by atoms with Crippen LogP contribution in [0.15, 0.2) is 35.0 Å². The molecule has 0 amide bonds. The Morgan fingerprint density at radius 3 is 2.88 bits per heavy atom. The average molecular weight is 270 g/mol. The Balaban J connectivity index is 1.96. The zero-order valence-electron chi connectivity index (χ0n) is 9.41. The van der Waals surface area contributed by atoms with E-state index in [9.17, 15) is 4.39 Å². The third-order valence-electron chi connectivity index (χ3n) is 2.64. The molecule has 1 nitrogen and oxygen atoms in total. The minimum absolute atomic E-state index is 0.166. The van der Waals surface area contributed by atoms with E-state index in [-0.39, 0.29) is 16.9 Å². The summed E-state index contributed by atoms with van der Waals surface area (Å²) in [4.78, 5) is 0. The summed E-state index contributed by atoms with van der Waals surface area (Å²) in [5.41, 5.74) is 2.15. The molecule has 0 bridgehead atoms. The minimum Gasteiger partial charge on any atom is -0.306 e. The molecular weight excluding hydrogens is 257 g/mol. The van der Waals surface area contributed by atoms with Gasteiger partial charge in [0.15, 0.2) is 0 Å². The number of hydrogen-bond acceptors (Lipinski definition) is 2. The molecule has 0 aliphatic rings. The second-order valence-electron chi connectivity index (χ2n) is 3.91. The SMILES string of the molecule is CC(NCc1ccc(Cl)c(F)c1)c1ccsc1. The molecule has 0 aliphatic heterocycles. The first-order valence-electron chi connectivity index (χ1n) is 5.36. The lowest BCUT2D eigenvalue weighted by Crippen LogP contribution is -2.17. The molecule has 0 fully saturated rings. The second kappa shape index (κ2) is 5.63. The summed E-state index contributed by atoms with van der Waals surface area (Å²) in [6.07, 6.45) is 0. The molecule has 2 aromatic rings. The Labute approximate surface area is 109 Å². The summed E-state index contributed by atoms with van der Waals surface area (Å²) in [6.45, 7) is 2.72. The van der Waals surface area contributed by atoms with Crippen molar-refractivity contribution in [3.63, 3.8) is 0 Å². The quantitative estimate of drug-likeness (QED) is 0.868. The Hall–Kier alpha value is -0.900. The largest absolute Gasteiger partial charge is 0.306 e. The van der Waals surface area contributed by atoms with Gasteiger partial charge in [0.25, 0.3) is 0 Å². The highest BCUT2D eigenvalue weighted by atomic mass is 35.5. The normalized spacial score (nSPS) is 12.6. The van der Waals surface area contributed by atoms with E-state index < -0.39 is 0 Å². The van der Waals surface area contributed by atoms with Crippen LogP contribution in [0.25, 0.3) is 0 Å². The maximum absolute atomic E-state index is 13.2. The first kappa shape index (κ1) is 12.6. The lowest BCUT2D eigenvalue weighted by atomic mass is 10.1. The molecule has 0 spiro atoms. The summed E-state index contributed by atoms with van der Waals surface area (Å²) in [7, 11) is 0. The lowest BCUT2D eigenvalue weighted by Gasteiger charge is -2.12. The van der Waals surface area contributed by atoms with Crippen molar-refractivity contribution in [2.24, 2.45) is 0 Å². The third-order valence-corrected chi connectivity index (χ3v) is 3.65. The fourth-order valence-electron chi connectivity index (χ4n) is 1.56. The number of rotatable bonds is 4. The number of benzene rings is 1. The molecule has 2 rings (SSSR count). The first-order valence-corrected chi connectivity index (χ1v) is 6.68. The highest BCUT2D eigenvalue weighted by Crippen LogP contribution is 2.18. The molecule has 1 unspecified atom stereocenters. The molecule has 0 radical (unpaired) electrons. The van der Waals surface area contributed by atoms with Crippen molar-refractivity contribution in [3.05, 3.63) is 57.0 Å². The topological polar surface area (TPSA) is 12.0 Å². The van der Waals surface area contributed by atoms with Gasteiger partial charge in [0.2, 0.25) is 0 Å². The lowest BCUT2D eigenvalue weighted by molar-refractivity contribution is 0.570. The van der Waals surface area contributed by atoms with Gasteiger partial charge in [0.05, 0.1) is 5.02 Å². The van der Waals surface area contributed by atoms with Gasteiger partial charge in [0.1, 0.15) is 5.82 Å². The fraction of sp³-hybridized carbons (Fsp3) is 0.231. The van der Waals surface area contributed by atoms with Gasteiger partial charge in [-0.25, -0.2) is 4.39 Å². The van der Waals surface area contributed by atoms with E-state index in [0.29, 0.717) is 6.54 Å². The van der Waals surface area contributed by atoms with Crippen LogP contribution in [0.3, 0.4) is 0 Å². The fourth-order valence-corrected chi connectivity index (χ4v) is 2.43. The highest BCUT2D eigenvalue weighted by molar-refractivity contribution is 7.07. The molecule has 0 saturated heterocycles. The van der Waals surface area contributed by atoms with E-state index in [4.69, 9.17) is 11.6 Å². The Morgan fingerprint density at radius 2 is 2.24 bits per heavy atom. The predicted octanol–water partition coefficient (Wildman–Crippen LogP) is 4.39. The molecule has 0 saturated carbocycles. The van der Waals surface area contributed by atoms with Gasteiger partial charge in [0, 0.05) is 12.6 Å². The van der Waals surface area contributed by atoms with E-state index in [0.717, 1.165) is 5.56 Å². The van der Waals surface area contributed by atoms with Crippen molar-refractivity contribution in [2.75, 3.05) is 0 Å². The van der Waals surface area contributed by atoms with Gasteiger partial charge in [-0.1, -0.05) is 17.7 Å². The third kappa shape index (κ3) is 3.28. The Morgan fingerprint density at radius 1 is 1.41 bits per heavy atom. The molecule has 1 aromatic carbocycles. The zero-order chi connectivity index (χ0) is 12.3. The summed E-state index contributed by atoms with van der Waals surface area (Å²) in [5.74, 6) is -0.367. The summed E-state index contributed by atoms with van der Waals surface area (Å²) < 4.78 is 13.2. The van der Waals surface area contributed by atoms with Gasteiger partial charge < -0.3 is 5.32 Å². The zero-order valence-corrected chi connectivity index (χ0v) is 11.0. The van der Waals surface area contributed by atoms with E-state index in [1.165, 1.54) is 11.6 Å². The number of thiophene rings is 1. The number of halogens is 2. The smallest absolute Gasteiger partial charge is 0.142 e. The summed E-state index contributed by atoms with van der Waals surface area (Å²) in [5, 5.41) is 7.67. The monoisotopic (exact) mass is 269 g/mol. The molecule has 17 heavy (non-hydrogen) atoms. The molecule has 90 valence electrons. The Bertz CT molecular complexity index is 484. The van der Waals surface area contributed by atoms with E-state index in [1.54, 1.807) is 17.4 Å². The van der Waals surface area contributed by atoms with Crippen LogP contribution < -0.4 is 5.32 Å². The molecule has 1 N–H and O–H groups in total. The maximum Gasteiger partial charge on any atom is 0.142 e. The molecule has 1 heterocycles. The molecular formula is C13H13ClFNS. The number of hydrogen-bond donors (Lipinski definition) is 1. The van der Waals surface area contributed by atoms with Crippen molar-refractivity contribution in [3.8, 4) is 0 Å². The van der Waals surface area contributed by atoms with Crippen molar-refractivity contribution in [1.82, 2.24) is 5.32 Å². The van der Waals surface area contributed by atoms with Crippen LogP contribution >= 0.6 is 22.9 Å². The maximum atomic E-state index is 13.2. The minimum atomic E-state index is -0.367. The van der Waals surface area contributed by atoms with Crippen LogP contribution in [0.5, 0.6) is 0 Å². The van der Waals surface area contributed by atoms with Crippen LogP contribution in [0.4, 0.5) is 4.39 Å². The second-order valence-corrected chi connectivity index (χ2v) is 5.09. The van der Waals surface area contributed by atoms with Crippen LogP contribution in [-0.4, -0.2) is 0 Å². The number of nitrogens with one attached hydrogen (secondary N) is 1. The summed E-state index contributed by atoms with van der Waals surface area (Å²) in [6, 6.07) is 7.24. The molecule has 1 aromatic heterocycles. The van der Waals surface area contributed by atoms with Crippen LogP contribution in [0.1, 0.15) is 24.1 Å². The van der Waals surface area contributed by atoms with Gasteiger partial charge >= 0.3 is 0 Å². The van der Waals surface area contributed by atoms with Crippen LogP contribution in [-0.2, 0) is 6.54 Å².